The van der Waals surface area contributed by atoms with Crippen molar-refractivity contribution >= 4 is 11.5 Å². The number of alkyl halides is 1. The highest BCUT2D eigenvalue weighted by molar-refractivity contribution is 5.82. The minimum absolute atomic E-state index is 0.0898. The summed E-state index contributed by atoms with van der Waals surface area (Å²) in [4.78, 5) is 6.79. The fourth-order valence-electron chi connectivity index (χ4n) is 5.51. The van der Waals surface area contributed by atoms with E-state index >= 15 is 0 Å². The van der Waals surface area contributed by atoms with Gasteiger partial charge in [0, 0.05) is 50.0 Å². The highest BCUT2D eigenvalue weighted by Gasteiger charge is 2.26. The first-order valence-electron chi connectivity index (χ1n) is 12.8. The van der Waals surface area contributed by atoms with Gasteiger partial charge in [0.2, 0.25) is 5.95 Å². The lowest BCUT2D eigenvalue weighted by atomic mass is 9.85. The zero-order valence-corrected chi connectivity index (χ0v) is 20.7. The van der Waals surface area contributed by atoms with E-state index in [2.05, 4.69) is 45.5 Å². The summed E-state index contributed by atoms with van der Waals surface area (Å²) in [5.74, 6) is 0.915. The van der Waals surface area contributed by atoms with Gasteiger partial charge >= 0.3 is 0 Å². The summed E-state index contributed by atoms with van der Waals surface area (Å²) >= 11 is 0. The lowest BCUT2D eigenvalue weighted by Crippen LogP contribution is -2.23. The number of aliphatic hydroxyl groups excluding tert-OH is 1. The van der Waals surface area contributed by atoms with Crippen LogP contribution in [0.1, 0.15) is 56.2 Å². The maximum absolute atomic E-state index is 13.7. The molecule has 0 spiro atoms. The third-order valence-electron chi connectivity index (χ3n) is 7.31. The second-order valence-corrected chi connectivity index (χ2v) is 10.2. The summed E-state index contributed by atoms with van der Waals surface area (Å²) in [7, 11) is 1.68. The molecule has 0 radical (unpaired) electrons. The Morgan fingerprint density at radius 3 is 2.77 bits per heavy atom. The average molecular weight is 482 g/mol. The smallest absolute Gasteiger partial charge is 0.241 e. The largest absolute Gasteiger partial charge is 0.393 e. The van der Waals surface area contributed by atoms with Crippen molar-refractivity contribution < 1.29 is 14.2 Å². The summed E-state index contributed by atoms with van der Waals surface area (Å²) in [6.45, 7) is 4.69. The molecule has 3 aromatic rings. The molecule has 1 saturated carbocycles. The standard InChI is InChI=1S/C27H36FN5O2/c1-18(17-35-2)30-27-29-14-26-24(13-25(33(26)31-27)20-6-8-23(34)9-7-20)21-5-3-4-19(12-21)15-32-11-10-22(28)16-32/h3-5,12-14,18,20,22-23,34H,6-11,15-17H2,1-2H3,(H,30,31)/t18-,20?,22-,23?/m0/s1. The normalized spacial score (nSPS) is 24.2. The van der Waals surface area contributed by atoms with Crippen LogP contribution < -0.4 is 5.32 Å². The molecule has 7 nitrogen and oxygen atoms in total. The second-order valence-electron chi connectivity index (χ2n) is 10.2. The number of fused-ring (bicyclic) bond motifs is 1. The van der Waals surface area contributed by atoms with Crippen LogP contribution in [0.15, 0.2) is 36.5 Å². The van der Waals surface area contributed by atoms with Crippen LogP contribution >= 0.6 is 0 Å². The molecule has 2 fully saturated rings. The van der Waals surface area contributed by atoms with Gasteiger partial charge in [0.15, 0.2) is 0 Å². The van der Waals surface area contributed by atoms with E-state index in [4.69, 9.17) is 9.84 Å². The van der Waals surface area contributed by atoms with E-state index in [1.165, 1.54) is 5.56 Å². The monoisotopic (exact) mass is 481 g/mol. The Hall–Kier alpha value is -2.55. The van der Waals surface area contributed by atoms with E-state index in [0.717, 1.165) is 61.1 Å². The molecule has 1 aliphatic heterocycles. The van der Waals surface area contributed by atoms with E-state index in [-0.39, 0.29) is 12.1 Å². The molecular weight excluding hydrogens is 445 g/mol. The molecule has 1 aliphatic carbocycles. The van der Waals surface area contributed by atoms with Gasteiger partial charge < -0.3 is 15.2 Å². The van der Waals surface area contributed by atoms with Crippen molar-refractivity contribution in [2.24, 2.45) is 0 Å². The molecule has 0 unspecified atom stereocenters. The number of ether oxygens (including phenoxy) is 1. The molecule has 5 rings (SSSR count). The molecule has 0 bridgehead atoms. The number of hydrogen-bond acceptors (Lipinski definition) is 6. The molecule has 3 heterocycles. The number of methoxy groups -OCH3 is 1. The maximum Gasteiger partial charge on any atom is 0.241 e. The van der Waals surface area contributed by atoms with Gasteiger partial charge in [0.25, 0.3) is 0 Å². The third kappa shape index (κ3) is 5.50. The number of halogens is 1. The zero-order chi connectivity index (χ0) is 24.4. The molecule has 0 amide bonds. The van der Waals surface area contributed by atoms with Gasteiger partial charge in [-0.25, -0.2) is 13.9 Å². The Morgan fingerprint density at radius 1 is 1.20 bits per heavy atom. The highest BCUT2D eigenvalue weighted by atomic mass is 19.1. The summed E-state index contributed by atoms with van der Waals surface area (Å²) in [5, 5.41) is 18.3. The Balaban J connectivity index is 1.49. The van der Waals surface area contributed by atoms with Crippen molar-refractivity contribution in [3.8, 4) is 11.1 Å². The number of nitrogens with one attached hydrogen (secondary N) is 1. The number of benzene rings is 1. The van der Waals surface area contributed by atoms with Gasteiger partial charge in [-0.15, -0.1) is 5.10 Å². The van der Waals surface area contributed by atoms with Crippen LogP contribution in [0.25, 0.3) is 16.6 Å². The molecule has 8 heteroatoms. The topological polar surface area (TPSA) is 74.9 Å². The lowest BCUT2D eigenvalue weighted by Gasteiger charge is -2.25. The van der Waals surface area contributed by atoms with Gasteiger partial charge in [-0.1, -0.05) is 18.2 Å². The molecule has 2 atom stereocenters. The number of rotatable bonds is 8. The summed E-state index contributed by atoms with van der Waals surface area (Å²) < 4.78 is 20.9. The Morgan fingerprint density at radius 2 is 2.03 bits per heavy atom. The van der Waals surface area contributed by atoms with Gasteiger partial charge in [0.05, 0.1) is 24.4 Å². The fraction of sp³-hybridized carbons (Fsp3) is 0.556. The summed E-state index contributed by atoms with van der Waals surface area (Å²) in [6, 6.07) is 10.9. The lowest BCUT2D eigenvalue weighted by molar-refractivity contribution is 0.121. The number of anilines is 1. The first-order chi connectivity index (χ1) is 17.0. The number of aromatic nitrogens is 3. The van der Waals surface area contributed by atoms with E-state index in [1.807, 2.05) is 17.6 Å². The second kappa shape index (κ2) is 10.6. The molecule has 1 saturated heterocycles. The molecule has 188 valence electrons. The van der Waals surface area contributed by atoms with E-state index in [0.29, 0.717) is 31.4 Å². The van der Waals surface area contributed by atoms with Gasteiger partial charge in [-0.3, -0.25) is 4.90 Å². The van der Waals surface area contributed by atoms with Crippen molar-refractivity contribution in [2.45, 2.75) is 69.8 Å². The van der Waals surface area contributed by atoms with Crippen LogP contribution in [0.2, 0.25) is 0 Å². The van der Waals surface area contributed by atoms with Crippen molar-refractivity contribution in [3.63, 3.8) is 0 Å². The molecule has 1 aromatic carbocycles. The number of likely N-dealkylation sites (tertiary alicyclic amines) is 1. The molecule has 35 heavy (non-hydrogen) atoms. The number of nitrogens with zero attached hydrogens (tertiary/aromatic N) is 4. The van der Waals surface area contributed by atoms with Crippen LogP contribution in [0.5, 0.6) is 0 Å². The van der Waals surface area contributed by atoms with Crippen molar-refractivity contribution in [2.75, 3.05) is 32.1 Å². The predicted molar refractivity (Wildman–Crippen MR) is 135 cm³/mol. The first-order valence-corrected chi connectivity index (χ1v) is 12.8. The third-order valence-corrected chi connectivity index (χ3v) is 7.31. The molecule has 2 aromatic heterocycles. The van der Waals surface area contributed by atoms with Crippen LogP contribution in [0.3, 0.4) is 0 Å². The van der Waals surface area contributed by atoms with Crippen molar-refractivity contribution in [1.82, 2.24) is 19.5 Å². The zero-order valence-electron chi connectivity index (χ0n) is 20.7. The van der Waals surface area contributed by atoms with Crippen LogP contribution in [-0.2, 0) is 11.3 Å². The predicted octanol–water partition coefficient (Wildman–Crippen LogP) is 4.41. The summed E-state index contributed by atoms with van der Waals surface area (Å²) in [6.07, 6.45) is 5.12. The number of aliphatic hydroxyl groups is 1. The quantitative estimate of drug-likeness (QED) is 0.497. The van der Waals surface area contributed by atoms with Gasteiger partial charge in [-0.05, 0) is 62.3 Å². The van der Waals surface area contributed by atoms with E-state index < -0.39 is 6.17 Å². The SMILES string of the molecule is COC[C@H](C)Nc1ncc2c(-c3cccc(CN4CC[C@H](F)C4)c3)cc(C3CCC(O)CC3)n2n1. The van der Waals surface area contributed by atoms with Crippen LogP contribution in [0, 0.1) is 0 Å². The summed E-state index contributed by atoms with van der Waals surface area (Å²) in [5.41, 5.74) is 5.55. The number of hydrogen-bond donors (Lipinski definition) is 2. The van der Waals surface area contributed by atoms with E-state index in [9.17, 15) is 9.50 Å². The minimum atomic E-state index is -0.711. The molecular formula is C27H36FN5O2. The fourth-order valence-corrected chi connectivity index (χ4v) is 5.51. The van der Waals surface area contributed by atoms with Crippen LogP contribution in [-0.4, -0.2) is 69.7 Å². The van der Waals surface area contributed by atoms with Crippen molar-refractivity contribution in [1.29, 1.82) is 0 Å². The molecule has 2 N–H and O–H groups in total. The Kier molecular flexibility index (Phi) is 7.32. The first kappa shape index (κ1) is 24.2. The van der Waals surface area contributed by atoms with Crippen molar-refractivity contribution in [3.05, 3.63) is 47.8 Å². The molecule has 2 aliphatic rings. The highest BCUT2D eigenvalue weighted by Crippen LogP contribution is 2.38. The Labute approximate surface area is 206 Å². The van der Waals surface area contributed by atoms with Crippen LogP contribution in [0.4, 0.5) is 10.3 Å². The minimum Gasteiger partial charge on any atom is -0.393 e. The van der Waals surface area contributed by atoms with E-state index in [1.54, 1.807) is 7.11 Å². The van der Waals surface area contributed by atoms with Gasteiger partial charge in [0.1, 0.15) is 6.17 Å². The Bertz CT molecular complexity index is 1140. The van der Waals surface area contributed by atoms with Gasteiger partial charge in [-0.2, -0.15) is 0 Å². The maximum atomic E-state index is 13.7. The average Bonchev–Trinajstić information content (AvgIpc) is 3.43.